The number of aromatic nitrogens is 1. The van der Waals surface area contributed by atoms with E-state index in [2.05, 4.69) is 10.6 Å². The van der Waals surface area contributed by atoms with Crippen molar-refractivity contribution in [2.75, 3.05) is 7.05 Å². The number of rotatable bonds is 5. The van der Waals surface area contributed by atoms with Gasteiger partial charge < -0.3 is 15.2 Å². The molecule has 0 atom stereocenters. The second-order valence-electron chi connectivity index (χ2n) is 6.84. The number of amides is 2. The van der Waals surface area contributed by atoms with E-state index >= 15 is 0 Å². The van der Waals surface area contributed by atoms with Crippen LogP contribution >= 0.6 is 12.2 Å². The third-order valence-corrected chi connectivity index (χ3v) is 5.22. The Morgan fingerprint density at radius 3 is 2.59 bits per heavy atom. The minimum absolute atomic E-state index is 0.0789. The molecule has 0 spiro atoms. The molecule has 1 aromatic heterocycles. The first kappa shape index (κ1) is 18.9. The summed E-state index contributed by atoms with van der Waals surface area (Å²) in [6.07, 6.45) is 3.66. The van der Waals surface area contributed by atoms with Crippen LogP contribution in [0.15, 0.2) is 66.5 Å². The van der Waals surface area contributed by atoms with Crippen LogP contribution in [0, 0.1) is 0 Å². The number of nitrogens with zero attached hydrogens (tertiary/aromatic N) is 2. The van der Waals surface area contributed by atoms with Crippen LogP contribution in [0.4, 0.5) is 0 Å². The van der Waals surface area contributed by atoms with Crippen molar-refractivity contribution < 1.29 is 9.59 Å². The van der Waals surface area contributed by atoms with Gasteiger partial charge in [0.1, 0.15) is 12.2 Å². The van der Waals surface area contributed by atoms with E-state index in [1.807, 2.05) is 65.4 Å². The van der Waals surface area contributed by atoms with Crippen molar-refractivity contribution >= 4 is 46.1 Å². The van der Waals surface area contributed by atoms with Crippen LogP contribution in [-0.2, 0) is 22.7 Å². The first-order valence-electron chi connectivity index (χ1n) is 9.22. The lowest BCUT2D eigenvalue weighted by Gasteiger charge is -2.07. The maximum atomic E-state index is 12.5. The molecule has 0 saturated carbocycles. The maximum absolute atomic E-state index is 12.5. The summed E-state index contributed by atoms with van der Waals surface area (Å²) in [5.74, 6) is -0.253. The van der Waals surface area contributed by atoms with Gasteiger partial charge in [-0.1, -0.05) is 48.5 Å². The Labute approximate surface area is 173 Å². The topological polar surface area (TPSA) is 66.4 Å². The van der Waals surface area contributed by atoms with Gasteiger partial charge in [0.2, 0.25) is 5.91 Å². The third-order valence-electron chi connectivity index (χ3n) is 4.85. The fraction of sp³-hybridized carbons (Fsp3) is 0.136. The van der Waals surface area contributed by atoms with E-state index in [0.29, 0.717) is 17.4 Å². The summed E-state index contributed by atoms with van der Waals surface area (Å²) in [7, 11) is 1.64. The zero-order valence-corrected chi connectivity index (χ0v) is 16.7. The molecule has 2 heterocycles. The van der Waals surface area contributed by atoms with Crippen molar-refractivity contribution in [3.63, 3.8) is 0 Å². The molecule has 1 saturated heterocycles. The fourth-order valence-corrected chi connectivity index (χ4v) is 3.50. The van der Waals surface area contributed by atoms with Gasteiger partial charge in [0.25, 0.3) is 5.91 Å². The number of thiocarbonyl (C=S) groups is 1. The summed E-state index contributed by atoms with van der Waals surface area (Å²) in [4.78, 5) is 26.2. The third kappa shape index (κ3) is 3.90. The normalized spacial score (nSPS) is 15.2. The van der Waals surface area contributed by atoms with Crippen molar-refractivity contribution in [2.24, 2.45) is 0 Å². The minimum Gasteiger partial charge on any atom is -0.350 e. The molecule has 2 aromatic carbocycles. The van der Waals surface area contributed by atoms with Gasteiger partial charge in [0, 0.05) is 36.3 Å². The first-order chi connectivity index (χ1) is 14.0. The monoisotopic (exact) mass is 404 g/mol. The van der Waals surface area contributed by atoms with Crippen molar-refractivity contribution in [3.8, 4) is 0 Å². The average molecular weight is 404 g/mol. The Bertz CT molecular complexity index is 1130. The van der Waals surface area contributed by atoms with E-state index in [-0.39, 0.29) is 18.4 Å². The largest absolute Gasteiger partial charge is 0.350 e. The minimum atomic E-state index is -0.174. The zero-order valence-electron chi connectivity index (χ0n) is 15.9. The molecule has 6 nitrogen and oxygen atoms in total. The summed E-state index contributed by atoms with van der Waals surface area (Å²) >= 11 is 5.13. The highest BCUT2D eigenvalue weighted by Crippen LogP contribution is 2.24. The molecule has 1 aliphatic heterocycles. The molecule has 1 aliphatic rings. The van der Waals surface area contributed by atoms with Crippen LogP contribution in [0.2, 0.25) is 0 Å². The van der Waals surface area contributed by atoms with Crippen molar-refractivity contribution in [3.05, 3.63) is 77.6 Å². The average Bonchev–Trinajstić information content (AvgIpc) is 3.20. The van der Waals surface area contributed by atoms with Gasteiger partial charge in [0.05, 0.1) is 0 Å². The summed E-state index contributed by atoms with van der Waals surface area (Å²) in [5.41, 5.74) is 3.25. The predicted molar refractivity (Wildman–Crippen MR) is 117 cm³/mol. The highest BCUT2D eigenvalue weighted by atomic mass is 32.1. The van der Waals surface area contributed by atoms with Gasteiger partial charge in [-0.25, -0.2) is 0 Å². The number of hydrogen-bond acceptors (Lipinski definition) is 3. The zero-order chi connectivity index (χ0) is 20.4. The quantitative estimate of drug-likeness (QED) is 0.507. The van der Waals surface area contributed by atoms with E-state index in [0.717, 1.165) is 22.0 Å². The first-order valence-corrected chi connectivity index (χ1v) is 9.63. The second kappa shape index (κ2) is 7.89. The van der Waals surface area contributed by atoms with Crippen molar-refractivity contribution in [1.82, 2.24) is 20.1 Å². The molecule has 2 N–H and O–H groups in total. The molecule has 1 fully saturated rings. The molecular formula is C22H20N4O2S. The summed E-state index contributed by atoms with van der Waals surface area (Å²) in [5, 5.41) is 7.23. The number of benzene rings is 2. The number of carbonyl (C=O) groups excluding carboxylic acids is 2. The summed E-state index contributed by atoms with van der Waals surface area (Å²) < 4.78 is 1.89. The summed E-state index contributed by atoms with van der Waals surface area (Å²) in [6, 6.07) is 17.6. The highest BCUT2D eigenvalue weighted by molar-refractivity contribution is 7.80. The SMILES string of the molecule is CN1C(=O)/C(=C/c2cn(CC(=O)NCc3ccccc3)c3ccccc23)NC1=S. The lowest BCUT2D eigenvalue weighted by Crippen LogP contribution is -2.26. The molecular weight excluding hydrogens is 384 g/mol. The van der Waals surface area contributed by atoms with Crippen molar-refractivity contribution in [1.29, 1.82) is 0 Å². The molecule has 0 bridgehead atoms. The lowest BCUT2D eigenvalue weighted by atomic mass is 10.1. The Morgan fingerprint density at radius 1 is 1.14 bits per heavy atom. The molecule has 0 aliphatic carbocycles. The van der Waals surface area contributed by atoms with E-state index in [1.54, 1.807) is 13.1 Å². The van der Waals surface area contributed by atoms with E-state index in [9.17, 15) is 9.59 Å². The van der Waals surface area contributed by atoms with Crippen LogP contribution in [0.3, 0.4) is 0 Å². The van der Waals surface area contributed by atoms with Gasteiger partial charge >= 0.3 is 0 Å². The number of para-hydroxylation sites is 1. The number of nitrogens with one attached hydrogen (secondary N) is 2. The van der Waals surface area contributed by atoms with Crippen LogP contribution in [0.25, 0.3) is 17.0 Å². The Kier molecular flexibility index (Phi) is 5.14. The van der Waals surface area contributed by atoms with Crippen LogP contribution in [-0.4, -0.2) is 33.4 Å². The lowest BCUT2D eigenvalue weighted by molar-refractivity contribution is -0.122. The standard InChI is InChI=1S/C22H20N4O2S/c1-25-21(28)18(24-22(25)29)11-16-13-26(19-10-6-5-9-17(16)19)14-20(27)23-12-15-7-3-2-4-8-15/h2-11,13H,12,14H2,1H3,(H,23,27)(H,24,29)/b18-11-. The van der Waals surface area contributed by atoms with Crippen LogP contribution in [0.5, 0.6) is 0 Å². The molecule has 0 unspecified atom stereocenters. The van der Waals surface area contributed by atoms with Gasteiger partial charge in [-0.15, -0.1) is 0 Å². The van der Waals surface area contributed by atoms with E-state index in [4.69, 9.17) is 12.2 Å². The number of fused-ring (bicyclic) bond motifs is 1. The Hall–Kier alpha value is -3.45. The Balaban J connectivity index is 1.57. The molecule has 3 aromatic rings. The molecule has 2 amide bonds. The highest BCUT2D eigenvalue weighted by Gasteiger charge is 2.27. The molecule has 146 valence electrons. The Morgan fingerprint density at radius 2 is 1.86 bits per heavy atom. The second-order valence-corrected chi connectivity index (χ2v) is 7.23. The molecule has 29 heavy (non-hydrogen) atoms. The van der Waals surface area contributed by atoms with Gasteiger partial charge in [-0.2, -0.15) is 0 Å². The maximum Gasteiger partial charge on any atom is 0.276 e. The fourth-order valence-electron chi connectivity index (χ4n) is 3.31. The predicted octanol–water partition coefficient (Wildman–Crippen LogP) is 2.65. The van der Waals surface area contributed by atoms with Gasteiger partial charge in [0.15, 0.2) is 5.11 Å². The van der Waals surface area contributed by atoms with Gasteiger partial charge in [-0.3, -0.25) is 14.5 Å². The number of hydrogen-bond donors (Lipinski definition) is 2. The molecule has 7 heteroatoms. The summed E-state index contributed by atoms with van der Waals surface area (Å²) in [6.45, 7) is 0.675. The van der Waals surface area contributed by atoms with Crippen molar-refractivity contribution in [2.45, 2.75) is 13.1 Å². The number of carbonyl (C=O) groups is 2. The van der Waals surface area contributed by atoms with Crippen LogP contribution < -0.4 is 10.6 Å². The number of likely N-dealkylation sites (N-methyl/N-ethyl adjacent to an activating group) is 1. The smallest absolute Gasteiger partial charge is 0.276 e. The van der Waals surface area contributed by atoms with E-state index in [1.165, 1.54) is 4.90 Å². The van der Waals surface area contributed by atoms with Gasteiger partial charge in [-0.05, 0) is 29.9 Å². The molecule has 4 rings (SSSR count). The molecule has 0 radical (unpaired) electrons. The van der Waals surface area contributed by atoms with E-state index < -0.39 is 0 Å². The van der Waals surface area contributed by atoms with Crippen LogP contribution in [0.1, 0.15) is 11.1 Å².